The van der Waals surface area contributed by atoms with Crippen molar-refractivity contribution in [3.8, 4) is 11.3 Å². The summed E-state index contributed by atoms with van der Waals surface area (Å²) in [5.74, 6) is -0.333. The average Bonchev–Trinajstić information content (AvgIpc) is 2.99. The maximum Gasteiger partial charge on any atom is 0.259 e. The van der Waals surface area contributed by atoms with Crippen molar-refractivity contribution >= 4 is 45.6 Å². The highest BCUT2D eigenvalue weighted by Gasteiger charge is 2.12. The molecule has 1 amide bonds. The maximum atomic E-state index is 12.2. The van der Waals surface area contributed by atoms with Crippen LogP contribution >= 0.6 is 34.5 Å². The molecule has 0 aliphatic rings. The first kappa shape index (κ1) is 15.9. The molecule has 1 N–H and O–H groups in total. The van der Waals surface area contributed by atoms with Crippen LogP contribution in [0.1, 0.15) is 15.9 Å². The highest BCUT2D eigenvalue weighted by Crippen LogP contribution is 2.26. The van der Waals surface area contributed by atoms with Gasteiger partial charge in [-0.05, 0) is 13.0 Å². The average molecular weight is 364 g/mol. The van der Waals surface area contributed by atoms with Gasteiger partial charge in [0, 0.05) is 17.1 Å². The number of halogens is 2. The SMILES string of the molecule is Cc1ccc(-c2csc(NC(=O)c3cnc(Cl)c(Cl)c3)n2)cc1. The lowest BCUT2D eigenvalue weighted by Gasteiger charge is -2.02. The second kappa shape index (κ2) is 6.66. The number of rotatable bonds is 3. The standard InChI is InChI=1S/C16H11Cl2N3OS/c1-9-2-4-10(5-3-9)13-8-23-16(20-13)21-15(22)11-6-12(17)14(18)19-7-11/h2-8H,1H3,(H,20,21,22). The van der Waals surface area contributed by atoms with Gasteiger partial charge in [0.2, 0.25) is 0 Å². The van der Waals surface area contributed by atoms with E-state index in [-0.39, 0.29) is 16.1 Å². The van der Waals surface area contributed by atoms with Gasteiger partial charge in [-0.15, -0.1) is 11.3 Å². The zero-order valence-electron chi connectivity index (χ0n) is 12.0. The van der Waals surface area contributed by atoms with Gasteiger partial charge in [-0.2, -0.15) is 0 Å². The molecule has 0 saturated heterocycles. The maximum absolute atomic E-state index is 12.2. The number of carbonyl (C=O) groups excluding carboxylic acids is 1. The molecular formula is C16H11Cl2N3OS. The minimum Gasteiger partial charge on any atom is -0.298 e. The fraction of sp³-hybridized carbons (Fsp3) is 0.0625. The van der Waals surface area contributed by atoms with Crippen molar-refractivity contribution in [1.82, 2.24) is 9.97 Å². The Bertz CT molecular complexity index is 862. The topological polar surface area (TPSA) is 54.9 Å². The first-order valence-electron chi connectivity index (χ1n) is 6.68. The van der Waals surface area contributed by atoms with Gasteiger partial charge in [0.05, 0.1) is 16.3 Å². The zero-order chi connectivity index (χ0) is 16.4. The molecule has 1 aromatic carbocycles. The van der Waals surface area contributed by atoms with Crippen LogP contribution in [-0.4, -0.2) is 15.9 Å². The Morgan fingerprint density at radius 2 is 1.96 bits per heavy atom. The molecule has 0 fully saturated rings. The summed E-state index contributed by atoms with van der Waals surface area (Å²) in [6.45, 7) is 2.03. The molecule has 0 spiro atoms. The lowest BCUT2D eigenvalue weighted by molar-refractivity contribution is 0.102. The van der Waals surface area contributed by atoms with Crippen LogP contribution < -0.4 is 5.32 Å². The van der Waals surface area contributed by atoms with E-state index >= 15 is 0 Å². The molecule has 3 rings (SSSR count). The predicted molar refractivity (Wildman–Crippen MR) is 94.5 cm³/mol. The van der Waals surface area contributed by atoms with Crippen LogP contribution in [0, 0.1) is 6.92 Å². The number of amides is 1. The van der Waals surface area contributed by atoms with E-state index in [9.17, 15) is 4.79 Å². The minimum absolute atomic E-state index is 0.166. The number of anilines is 1. The molecule has 0 saturated carbocycles. The summed E-state index contributed by atoms with van der Waals surface area (Å²) in [5, 5.41) is 5.54. The van der Waals surface area contributed by atoms with Crippen molar-refractivity contribution in [2.75, 3.05) is 5.32 Å². The van der Waals surface area contributed by atoms with E-state index < -0.39 is 0 Å². The lowest BCUT2D eigenvalue weighted by Crippen LogP contribution is -2.12. The number of thiazole rings is 1. The summed E-state index contributed by atoms with van der Waals surface area (Å²) in [7, 11) is 0. The molecule has 0 aliphatic heterocycles. The number of nitrogens with zero attached hydrogens (tertiary/aromatic N) is 2. The zero-order valence-corrected chi connectivity index (χ0v) is 14.3. The number of aryl methyl sites for hydroxylation is 1. The van der Waals surface area contributed by atoms with Crippen molar-refractivity contribution in [3.05, 3.63) is 63.2 Å². The van der Waals surface area contributed by atoms with Gasteiger partial charge < -0.3 is 0 Å². The number of pyridine rings is 1. The van der Waals surface area contributed by atoms with Gasteiger partial charge >= 0.3 is 0 Å². The molecule has 0 aliphatic carbocycles. The van der Waals surface area contributed by atoms with Crippen molar-refractivity contribution in [1.29, 1.82) is 0 Å². The van der Waals surface area contributed by atoms with Gasteiger partial charge in [0.25, 0.3) is 5.91 Å². The fourth-order valence-electron chi connectivity index (χ4n) is 1.90. The van der Waals surface area contributed by atoms with Crippen molar-refractivity contribution < 1.29 is 4.79 Å². The van der Waals surface area contributed by atoms with E-state index in [1.54, 1.807) is 0 Å². The summed E-state index contributed by atoms with van der Waals surface area (Å²) in [5.41, 5.74) is 3.33. The van der Waals surface area contributed by atoms with Crippen molar-refractivity contribution in [3.63, 3.8) is 0 Å². The van der Waals surface area contributed by atoms with Crippen LogP contribution in [0.2, 0.25) is 10.2 Å². The Morgan fingerprint density at radius 1 is 1.22 bits per heavy atom. The minimum atomic E-state index is -0.333. The van der Waals surface area contributed by atoms with E-state index in [1.807, 2.05) is 36.6 Å². The summed E-state index contributed by atoms with van der Waals surface area (Å²) in [4.78, 5) is 20.5. The van der Waals surface area contributed by atoms with E-state index in [2.05, 4.69) is 15.3 Å². The third kappa shape index (κ3) is 3.69. The summed E-state index contributed by atoms with van der Waals surface area (Å²) in [6.07, 6.45) is 1.37. The Labute approximate surface area is 147 Å². The number of nitrogens with one attached hydrogen (secondary N) is 1. The van der Waals surface area contributed by atoms with Crippen LogP contribution in [0.3, 0.4) is 0 Å². The summed E-state index contributed by atoms with van der Waals surface area (Å²) in [6, 6.07) is 9.51. The predicted octanol–water partition coefficient (Wildman–Crippen LogP) is 5.07. The third-order valence-electron chi connectivity index (χ3n) is 3.13. The van der Waals surface area contributed by atoms with Crippen LogP contribution in [0.15, 0.2) is 41.9 Å². The molecule has 2 aromatic heterocycles. The summed E-state index contributed by atoms with van der Waals surface area (Å²) < 4.78 is 0. The monoisotopic (exact) mass is 363 g/mol. The Kier molecular flexibility index (Phi) is 4.61. The van der Waals surface area contributed by atoms with Gasteiger partial charge in [-0.25, -0.2) is 9.97 Å². The number of hydrogen-bond acceptors (Lipinski definition) is 4. The molecule has 0 radical (unpaired) electrons. The van der Waals surface area contributed by atoms with E-state index in [1.165, 1.54) is 29.2 Å². The van der Waals surface area contributed by atoms with Crippen molar-refractivity contribution in [2.24, 2.45) is 0 Å². The molecule has 0 bridgehead atoms. The molecule has 0 unspecified atom stereocenters. The van der Waals surface area contributed by atoms with Gasteiger partial charge in [-0.1, -0.05) is 53.0 Å². The lowest BCUT2D eigenvalue weighted by atomic mass is 10.1. The van der Waals surface area contributed by atoms with Gasteiger partial charge in [0.1, 0.15) is 5.15 Å². The Morgan fingerprint density at radius 3 is 2.65 bits per heavy atom. The van der Waals surface area contributed by atoms with E-state index in [4.69, 9.17) is 23.2 Å². The molecule has 0 atom stereocenters. The Balaban J connectivity index is 1.77. The Hall–Kier alpha value is -1.95. The highest BCUT2D eigenvalue weighted by molar-refractivity contribution is 7.14. The van der Waals surface area contributed by atoms with Crippen LogP contribution in [0.5, 0.6) is 0 Å². The smallest absolute Gasteiger partial charge is 0.259 e. The van der Waals surface area contributed by atoms with Crippen molar-refractivity contribution in [2.45, 2.75) is 6.92 Å². The second-order valence-corrected chi connectivity index (χ2v) is 6.48. The third-order valence-corrected chi connectivity index (χ3v) is 4.57. The normalized spacial score (nSPS) is 10.6. The van der Waals surface area contributed by atoms with Crippen LogP contribution in [-0.2, 0) is 0 Å². The molecule has 23 heavy (non-hydrogen) atoms. The summed E-state index contributed by atoms with van der Waals surface area (Å²) >= 11 is 13.0. The number of aromatic nitrogens is 2. The second-order valence-electron chi connectivity index (χ2n) is 4.85. The highest BCUT2D eigenvalue weighted by atomic mass is 35.5. The molecule has 4 nitrogen and oxygen atoms in total. The largest absolute Gasteiger partial charge is 0.298 e. The van der Waals surface area contributed by atoms with E-state index in [0.717, 1.165) is 11.3 Å². The van der Waals surface area contributed by atoms with Gasteiger partial charge in [-0.3, -0.25) is 10.1 Å². The fourth-order valence-corrected chi connectivity index (χ4v) is 2.89. The van der Waals surface area contributed by atoms with E-state index in [0.29, 0.717) is 10.7 Å². The molecule has 3 aromatic rings. The number of carbonyl (C=O) groups is 1. The molecule has 7 heteroatoms. The molecule has 2 heterocycles. The quantitative estimate of drug-likeness (QED) is 0.660. The number of hydrogen-bond donors (Lipinski definition) is 1. The number of benzene rings is 1. The first-order chi connectivity index (χ1) is 11.0. The molecular weight excluding hydrogens is 353 g/mol. The van der Waals surface area contributed by atoms with Crippen LogP contribution in [0.25, 0.3) is 11.3 Å². The molecule has 116 valence electrons. The first-order valence-corrected chi connectivity index (χ1v) is 8.31. The van der Waals surface area contributed by atoms with Crippen LogP contribution in [0.4, 0.5) is 5.13 Å². The van der Waals surface area contributed by atoms with Gasteiger partial charge in [0.15, 0.2) is 5.13 Å².